The molecular formula is C26H29ClN2O7. The Morgan fingerprint density at radius 2 is 1.25 bits per heavy atom. The van der Waals surface area contributed by atoms with Crippen LogP contribution in [0.5, 0.6) is 34.5 Å². The number of aromatic hydroxyl groups is 2. The zero-order valence-corrected chi connectivity index (χ0v) is 21.7. The first-order valence-corrected chi connectivity index (χ1v) is 10.6. The maximum Gasteiger partial charge on any atom is 0.498 e. The molecule has 0 saturated carbocycles. The Balaban J connectivity index is 0.00000456. The van der Waals surface area contributed by atoms with Gasteiger partial charge in [-0.3, -0.25) is 0 Å². The third kappa shape index (κ3) is 5.41. The summed E-state index contributed by atoms with van der Waals surface area (Å²) in [6, 6.07) is 8.05. The van der Waals surface area contributed by atoms with E-state index < -0.39 is 0 Å². The number of phenols is 2. The summed E-state index contributed by atoms with van der Waals surface area (Å²) in [4.78, 5) is 12.9. The van der Waals surface area contributed by atoms with Crippen molar-refractivity contribution in [3.8, 4) is 34.5 Å². The summed E-state index contributed by atoms with van der Waals surface area (Å²) in [7, 11) is 9.28. The van der Waals surface area contributed by atoms with Crippen molar-refractivity contribution < 1.29 is 46.1 Å². The minimum atomic E-state index is -0.253. The van der Waals surface area contributed by atoms with Gasteiger partial charge in [0.2, 0.25) is 0 Å². The summed E-state index contributed by atoms with van der Waals surface area (Å²) >= 11 is 0. The van der Waals surface area contributed by atoms with Gasteiger partial charge in [-0.25, -0.2) is 0 Å². The minimum Gasteiger partial charge on any atom is -1.00 e. The third-order valence-electron chi connectivity index (χ3n) is 5.60. The van der Waals surface area contributed by atoms with Crippen LogP contribution < -0.4 is 41.6 Å². The first kappa shape index (κ1) is 28.1. The van der Waals surface area contributed by atoms with Gasteiger partial charge in [0.05, 0.1) is 53.7 Å². The number of ether oxygens (including phenoxy) is 4. The van der Waals surface area contributed by atoms with Crippen molar-refractivity contribution in [2.24, 2.45) is 14.1 Å². The first-order valence-electron chi connectivity index (χ1n) is 10.6. The number of methoxy groups -OCH3 is 4. The van der Waals surface area contributed by atoms with Gasteiger partial charge in [-0.15, -0.1) is 0 Å². The van der Waals surface area contributed by atoms with Crippen LogP contribution in [0.1, 0.15) is 22.5 Å². The molecule has 9 nitrogen and oxygen atoms in total. The number of aromatic nitrogens is 2. The SMILES string of the molecule is COc1ccc(O)c(OC)c1/C=C/c1cc(/C=C/c2c(OC)ccc(O)c2OC)[n+](C)c(=O)n1C.[Cl-]. The second kappa shape index (κ2) is 12.0. The highest BCUT2D eigenvalue weighted by molar-refractivity contribution is 5.79. The van der Waals surface area contributed by atoms with Gasteiger partial charge < -0.3 is 41.6 Å². The molecule has 3 aromatic rings. The van der Waals surface area contributed by atoms with E-state index in [2.05, 4.69) is 0 Å². The monoisotopic (exact) mass is 516 g/mol. The summed E-state index contributed by atoms with van der Waals surface area (Å²) in [5.41, 5.74) is 1.99. The summed E-state index contributed by atoms with van der Waals surface area (Å²) < 4.78 is 24.5. The van der Waals surface area contributed by atoms with E-state index >= 15 is 0 Å². The number of rotatable bonds is 8. The number of hydrogen-bond acceptors (Lipinski definition) is 7. The lowest BCUT2D eigenvalue weighted by molar-refractivity contribution is -0.692. The highest BCUT2D eigenvalue weighted by Gasteiger charge is 2.17. The van der Waals surface area contributed by atoms with Crippen molar-refractivity contribution in [3.63, 3.8) is 0 Å². The fourth-order valence-electron chi connectivity index (χ4n) is 3.69. The van der Waals surface area contributed by atoms with Crippen LogP contribution >= 0.6 is 0 Å². The molecule has 3 rings (SSSR count). The molecule has 0 fully saturated rings. The van der Waals surface area contributed by atoms with Gasteiger partial charge in [0.25, 0.3) is 0 Å². The molecule has 0 amide bonds. The van der Waals surface area contributed by atoms with E-state index in [9.17, 15) is 15.0 Å². The molecule has 0 saturated heterocycles. The molecule has 2 N–H and O–H groups in total. The van der Waals surface area contributed by atoms with Crippen LogP contribution in [0, 0.1) is 0 Å². The van der Waals surface area contributed by atoms with Crippen LogP contribution in [-0.2, 0) is 14.1 Å². The van der Waals surface area contributed by atoms with E-state index in [4.69, 9.17) is 18.9 Å². The Kier molecular flexibility index (Phi) is 9.40. The Morgan fingerprint density at radius 1 is 0.778 bits per heavy atom. The van der Waals surface area contributed by atoms with Crippen LogP contribution in [0.15, 0.2) is 35.1 Å². The molecular weight excluding hydrogens is 488 g/mol. The number of halogens is 1. The van der Waals surface area contributed by atoms with Crippen LogP contribution in [-0.4, -0.2) is 43.2 Å². The van der Waals surface area contributed by atoms with E-state index in [-0.39, 0.29) is 41.1 Å². The third-order valence-corrected chi connectivity index (χ3v) is 5.60. The summed E-state index contributed by atoms with van der Waals surface area (Å²) in [6.45, 7) is 0. The molecule has 0 bridgehead atoms. The van der Waals surface area contributed by atoms with Crippen molar-refractivity contribution in [1.29, 1.82) is 0 Å². The quantitative estimate of drug-likeness (QED) is 0.406. The molecule has 10 heteroatoms. The highest BCUT2D eigenvalue weighted by atomic mass is 35.5. The van der Waals surface area contributed by atoms with E-state index in [1.54, 1.807) is 50.5 Å². The smallest absolute Gasteiger partial charge is 0.498 e. The van der Waals surface area contributed by atoms with Gasteiger partial charge in [0.15, 0.2) is 23.0 Å². The fraction of sp³-hybridized carbons (Fsp3) is 0.231. The molecule has 0 atom stereocenters. The number of phenolic OH excluding ortho intramolecular Hbond substituents is 2. The van der Waals surface area contributed by atoms with Crippen LogP contribution in [0.3, 0.4) is 0 Å². The van der Waals surface area contributed by atoms with E-state index in [1.807, 2.05) is 6.07 Å². The fourth-order valence-corrected chi connectivity index (χ4v) is 3.69. The predicted octanol–water partition coefficient (Wildman–Crippen LogP) is 0.000200. The number of benzene rings is 2. The van der Waals surface area contributed by atoms with Gasteiger partial charge in [-0.05, 0) is 48.6 Å². The second-order valence-corrected chi connectivity index (χ2v) is 7.53. The van der Waals surface area contributed by atoms with Gasteiger partial charge in [-0.2, -0.15) is 13.9 Å². The van der Waals surface area contributed by atoms with E-state index in [1.165, 1.54) is 49.7 Å². The number of hydrogen-bond donors (Lipinski definition) is 2. The summed E-state index contributed by atoms with van der Waals surface area (Å²) in [5, 5.41) is 20.3. The van der Waals surface area contributed by atoms with Crippen molar-refractivity contribution in [2.75, 3.05) is 28.4 Å². The lowest BCUT2D eigenvalue weighted by Gasteiger charge is -2.12. The predicted molar refractivity (Wildman–Crippen MR) is 133 cm³/mol. The maximum absolute atomic E-state index is 12.9. The Morgan fingerprint density at radius 3 is 1.69 bits per heavy atom. The van der Waals surface area contributed by atoms with Crippen molar-refractivity contribution in [2.45, 2.75) is 0 Å². The van der Waals surface area contributed by atoms with Crippen molar-refractivity contribution in [3.05, 3.63) is 63.3 Å². The van der Waals surface area contributed by atoms with Crippen LogP contribution in [0.4, 0.5) is 0 Å². The van der Waals surface area contributed by atoms with E-state index in [0.29, 0.717) is 34.0 Å². The lowest BCUT2D eigenvalue weighted by Crippen LogP contribution is -3.00. The summed E-state index contributed by atoms with van der Waals surface area (Å²) in [6.07, 6.45) is 6.88. The normalized spacial score (nSPS) is 10.9. The number of nitrogens with zero attached hydrogens (tertiary/aromatic N) is 2. The minimum absolute atomic E-state index is 0. The molecule has 192 valence electrons. The van der Waals surface area contributed by atoms with Crippen LogP contribution in [0.25, 0.3) is 24.3 Å². The standard InChI is InChI=1S/C26H28N2O7.ClH/c1-27-16(7-9-18-22(32-3)13-11-20(29)24(18)34-5)15-17(28(2)26(27)31)8-10-19-23(33-4)14-12-21(30)25(19)35-6;/h7-15H,1-6H3,(H-,29,30);1H/b9-7+,10-8+;. The zero-order chi connectivity index (χ0) is 25.7. The summed E-state index contributed by atoms with van der Waals surface area (Å²) in [5.74, 6) is 1.47. The van der Waals surface area contributed by atoms with Gasteiger partial charge in [-0.1, -0.05) is 0 Å². The van der Waals surface area contributed by atoms with Crippen molar-refractivity contribution in [1.82, 2.24) is 4.57 Å². The van der Waals surface area contributed by atoms with Gasteiger partial charge >= 0.3 is 5.69 Å². The average Bonchev–Trinajstić information content (AvgIpc) is 2.86. The average molecular weight is 517 g/mol. The Bertz CT molecular complexity index is 1260. The lowest BCUT2D eigenvalue weighted by atomic mass is 10.1. The molecule has 2 aromatic carbocycles. The Labute approximate surface area is 215 Å². The molecule has 36 heavy (non-hydrogen) atoms. The van der Waals surface area contributed by atoms with Gasteiger partial charge in [0.1, 0.15) is 22.9 Å². The molecule has 0 aliphatic carbocycles. The molecule has 1 heterocycles. The molecule has 0 aliphatic rings. The largest absolute Gasteiger partial charge is 1.00 e. The first-order chi connectivity index (χ1) is 16.8. The molecule has 0 aliphatic heterocycles. The van der Waals surface area contributed by atoms with Crippen molar-refractivity contribution >= 4 is 24.3 Å². The Hall–Kier alpha value is -4.11. The molecule has 0 unspecified atom stereocenters. The zero-order valence-electron chi connectivity index (χ0n) is 20.9. The highest BCUT2D eigenvalue weighted by Crippen LogP contribution is 2.39. The molecule has 0 spiro atoms. The second-order valence-electron chi connectivity index (χ2n) is 7.53. The molecule has 1 aromatic heterocycles. The van der Waals surface area contributed by atoms with Crippen LogP contribution in [0.2, 0.25) is 0 Å². The molecule has 0 radical (unpaired) electrons. The topological polar surface area (TPSA) is 103 Å². The maximum atomic E-state index is 12.9. The van der Waals surface area contributed by atoms with Gasteiger partial charge in [0, 0.05) is 6.07 Å². The van der Waals surface area contributed by atoms with E-state index in [0.717, 1.165) is 0 Å².